The van der Waals surface area contributed by atoms with Crippen molar-refractivity contribution in [2.45, 2.75) is 45.4 Å². The van der Waals surface area contributed by atoms with Gasteiger partial charge in [-0.25, -0.2) is 4.79 Å². The first-order valence-electron chi connectivity index (χ1n) is 6.07. The van der Waals surface area contributed by atoms with Gasteiger partial charge in [-0.2, -0.15) is 13.2 Å². The molecule has 110 valence electrons. The third-order valence-electron chi connectivity index (χ3n) is 2.73. The zero-order valence-electron chi connectivity index (χ0n) is 11.2. The molecule has 1 rings (SSSR count). The molecule has 1 amide bonds. The van der Waals surface area contributed by atoms with E-state index in [1.807, 2.05) is 0 Å². The molecule has 1 saturated heterocycles. The number of hydrogen-bond acceptors (Lipinski definition) is 3. The molecular weight excluding hydrogens is 263 g/mol. The molecular formula is C12H18F3NO3. The smallest absolute Gasteiger partial charge is 0.444 e. The number of Topliss-reactive ketones (excluding diaryl/α,β-unsaturated/α-hetero) is 1. The fraction of sp³-hybridized carbons (Fsp3) is 0.833. The molecule has 1 atom stereocenters. The molecule has 1 heterocycles. The number of carbonyl (C=O) groups excluding carboxylic acids is 2. The van der Waals surface area contributed by atoms with Crippen molar-refractivity contribution >= 4 is 11.9 Å². The Kier molecular flexibility index (Phi) is 4.47. The summed E-state index contributed by atoms with van der Waals surface area (Å²) >= 11 is 0. The molecule has 4 nitrogen and oxygen atoms in total. The fourth-order valence-corrected chi connectivity index (χ4v) is 1.87. The van der Waals surface area contributed by atoms with Gasteiger partial charge in [-0.05, 0) is 33.1 Å². The van der Waals surface area contributed by atoms with Crippen molar-refractivity contribution < 1.29 is 27.5 Å². The molecule has 19 heavy (non-hydrogen) atoms. The molecule has 1 aliphatic rings. The molecule has 1 fully saturated rings. The molecule has 0 spiro atoms. The van der Waals surface area contributed by atoms with E-state index in [0.717, 1.165) is 0 Å². The van der Waals surface area contributed by atoms with E-state index in [-0.39, 0.29) is 6.54 Å². The Morgan fingerprint density at radius 3 is 2.32 bits per heavy atom. The number of ketones is 1. The minimum Gasteiger partial charge on any atom is -0.444 e. The number of halogens is 3. The number of rotatable bonds is 2. The summed E-state index contributed by atoms with van der Waals surface area (Å²) in [6, 6.07) is 0. The highest BCUT2D eigenvalue weighted by molar-refractivity contribution is 5.84. The third-order valence-corrected chi connectivity index (χ3v) is 2.73. The van der Waals surface area contributed by atoms with Gasteiger partial charge in [0.15, 0.2) is 0 Å². The molecule has 1 unspecified atom stereocenters. The maximum atomic E-state index is 12.1. The van der Waals surface area contributed by atoms with Crippen LogP contribution >= 0.6 is 0 Å². The van der Waals surface area contributed by atoms with Gasteiger partial charge in [-0.15, -0.1) is 0 Å². The Bertz CT molecular complexity index is 360. The highest BCUT2D eigenvalue weighted by Gasteiger charge is 2.41. The lowest BCUT2D eigenvalue weighted by Gasteiger charge is -2.24. The fourth-order valence-electron chi connectivity index (χ4n) is 1.87. The Morgan fingerprint density at radius 2 is 1.84 bits per heavy atom. The summed E-state index contributed by atoms with van der Waals surface area (Å²) in [5.41, 5.74) is -0.642. The normalized spacial score (nSPS) is 20.5. The summed E-state index contributed by atoms with van der Waals surface area (Å²) in [5.74, 6) is -2.18. The second kappa shape index (κ2) is 5.38. The number of likely N-dealkylation sites (tertiary alicyclic amines) is 1. The van der Waals surface area contributed by atoms with Crippen LogP contribution in [0, 0.1) is 5.92 Å². The van der Waals surface area contributed by atoms with Crippen molar-refractivity contribution in [1.29, 1.82) is 0 Å². The summed E-state index contributed by atoms with van der Waals surface area (Å²) in [6.45, 7) is 5.60. The summed E-state index contributed by atoms with van der Waals surface area (Å²) in [6.07, 6.45) is -5.52. The molecule has 0 aromatic carbocycles. The average molecular weight is 281 g/mol. The molecule has 0 bridgehead atoms. The Labute approximate surface area is 109 Å². The lowest BCUT2D eigenvalue weighted by molar-refractivity contribution is -0.172. The van der Waals surface area contributed by atoms with Crippen LogP contribution in [-0.4, -0.2) is 41.6 Å². The standard InChI is InChI=1S/C12H18F3NO3/c1-11(2,3)19-10(18)16-5-4-8(7-16)6-9(17)12(13,14)15/h8H,4-7H2,1-3H3. The van der Waals surface area contributed by atoms with Crippen molar-refractivity contribution in [3.05, 3.63) is 0 Å². The number of hydrogen-bond donors (Lipinski definition) is 0. The lowest BCUT2D eigenvalue weighted by Crippen LogP contribution is -2.35. The number of amides is 1. The van der Waals surface area contributed by atoms with E-state index in [0.29, 0.717) is 13.0 Å². The van der Waals surface area contributed by atoms with Crippen molar-refractivity contribution in [2.75, 3.05) is 13.1 Å². The Balaban J connectivity index is 2.46. The van der Waals surface area contributed by atoms with Gasteiger partial charge in [0.25, 0.3) is 0 Å². The minimum atomic E-state index is -4.79. The first-order valence-corrected chi connectivity index (χ1v) is 6.07. The van der Waals surface area contributed by atoms with Gasteiger partial charge in [-0.1, -0.05) is 0 Å². The van der Waals surface area contributed by atoms with Crippen LogP contribution in [0.15, 0.2) is 0 Å². The van der Waals surface area contributed by atoms with E-state index < -0.39 is 36.0 Å². The molecule has 0 radical (unpaired) electrons. The average Bonchev–Trinajstić information content (AvgIpc) is 2.62. The topological polar surface area (TPSA) is 46.6 Å². The van der Waals surface area contributed by atoms with Crippen LogP contribution in [0.2, 0.25) is 0 Å². The predicted molar refractivity (Wildman–Crippen MR) is 61.6 cm³/mol. The van der Waals surface area contributed by atoms with Gasteiger partial charge in [0.05, 0.1) is 0 Å². The van der Waals surface area contributed by atoms with Crippen molar-refractivity contribution in [1.82, 2.24) is 4.90 Å². The zero-order valence-corrected chi connectivity index (χ0v) is 11.2. The van der Waals surface area contributed by atoms with Gasteiger partial charge in [-0.3, -0.25) is 4.79 Å². The van der Waals surface area contributed by atoms with Gasteiger partial charge in [0.1, 0.15) is 5.60 Å². The van der Waals surface area contributed by atoms with E-state index in [4.69, 9.17) is 4.74 Å². The van der Waals surface area contributed by atoms with Crippen LogP contribution in [0.3, 0.4) is 0 Å². The summed E-state index contributed by atoms with van der Waals surface area (Å²) in [7, 11) is 0. The maximum Gasteiger partial charge on any atom is 0.449 e. The predicted octanol–water partition coefficient (Wildman–Crippen LogP) is 2.76. The Morgan fingerprint density at radius 1 is 1.26 bits per heavy atom. The first-order chi connectivity index (χ1) is 8.49. The number of alkyl halides is 3. The van der Waals surface area contributed by atoms with Gasteiger partial charge < -0.3 is 9.64 Å². The van der Waals surface area contributed by atoms with Crippen molar-refractivity contribution in [3.63, 3.8) is 0 Å². The quantitative estimate of drug-likeness (QED) is 0.782. The van der Waals surface area contributed by atoms with E-state index in [1.165, 1.54) is 4.90 Å². The van der Waals surface area contributed by atoms with Crippen LogP contribution in [0.1, 0.15) is 33.6 Å². The summed E-state index contributed by atoms with van der Waals surface area (Å²) in [4.78, 5) is 23.9. The molecule has 0 N–H and O–H groups in total. The molecule has 0 aliphatic carbocycles. The largest absolute Gasteiger partial charge is 0.449 e. The van der Waals surface area contributed by atoms with Crippen LogP contribution in [-0.2, 0) is 9.53 Å². The highest BCUT2D eigenvalue weighted by atomic mass is 19.4. The lowest BCUT2D eigenvalue weighted by atomic mass is 10.0. The van der Waals surface area contributed by atoms with E-state index in [2.05, 4.69) is 0 Å². The Hall–Kier alpha value is -1.27. The third kappa shape index (κ3) is 5.08. The van der Waals surface area contributed by atoms with Crippen LogP contribution < -0.4 is 0 Å². The van der Waals surface area contributed by atoms with Gasteiger partial charge in [0.2, 0.25) is 5.78 Å². The number of nitrogens with zero attached hydrogens (tertiary/aromatic N) is 1. The van der Waals surface area contributed by atoms with E-state index in [9.17, 15) is 22.8 Å². The summed E-state index contributed by atoms with van der Waals surface area (Å²) in [5, 5.41) is 0. The first kappa shape index (κ1) is 15.8. The molecule has 0 aromatic heterocycles. The SMILES string of the molecule is CC(C)(C)OC(=O)N1CCC(CC(=O)C(F)(F)F)C1. The van der Waals surface area contributed by atoms with Crippen molar-refractivity contribution in [3.8, 4) is 0 Å². The molecule has 0 aromatic rings. The monoisotopic (exact) mass is 281 g/mol. The highest BCUT2D eigenvalue weighted by Crippen LogP contribution is 2.26. The van der Waals surface area contributed by atoms with Gasteiger partial charge >= 0.3 is 12.3 Å². The second-order valence-electron chi connectivity index (χ2n) is 5.71. The molecule has 0 saturated carbocycles. The maximum absolute atomic E-state index is 12.1. The summed E-state index contributed by atoms with van der Waals surface area (Å²) < 4.78 is 41.5. The van der Waals surface area contributed by atoms with Crippen LogP contribution in [0.5, 0.6) is 0 Å². The van der Waals surface area contributed by atoms with Gasteiger partial charge in [0, 0.05) is 19.5 Å². The minimum absolute atomic E-state index is 0.136. The molecule has 1 aliphatic heterocycles. The van der Waals surface area contributed by atoms with E-state index in [1.54, 1.807) is 20.8 Å². The second-order valence-corrected chi connectivity index (χ2v) is 5.71. The van der Waals surface area contributed by atoms with E-state index >= 15 is 0 Å². The van der Waals surface area contributed by atoms with Crippen LogP contribution in [0.25, 0.3) is 0 Å². The number of ether oxygens (including phenoxy) is 1. The zero-order chi connectivity index (χ0) is 14.8. The number of carbonyl (C=O) groups is 2. The molecule has 7 heteroatoms. The van der Waals surface area contributed by atoms with Crippen molar-refractivity contribution in [2.24, 2.45) is 5.92 Å². The van der Waals surface area contributed by atoms with Crippen LogP contribution in [0.4, 0.5) is 18.0 Å².